The molecule has 0 bridgehead atoms. The molecule has 2 rings (SSSR count). The number of methoxy groups -OCH3 is 1. The highest BCUT2D eigenvalue weighted by Crippen LogP contribution is 2.25. The molecule has 2 aromatic rings. The summed E-state index contributed by atoms with van der Waals surface area (Å²) in [5, 5.41) is 0.699. The van der Waals surface area contributed by atoms with Gasteiger partial charge in [0, 0.05) is 11.6 Å². The molecule has 1 N–H and O–H groups in total. The van der Waals surface area contributed by atoms with Gasteiger partial charge in [-0.15, -0.1) is 0 Å². The van der Waals surface area contributed by atoms with Crippen LogP contribution in [0.25, 0.3) is 0 Å². The summed E-state index contributed by atoms with van der Waals surface area (Å²) in [4.78, 5) is 0.329. The second-order valence-corrected chi connectivity index (χ2v) is 7.86. The number of halogens is 1. The van der Waals surface area contributed by atoms with Crippen LogP contribution in [-0.2, 0) is 16.4 Å². The molecule has 24 heavy (non-hydrogen) atoms. The zero-order chi connectivity index (χ0) is 17.7. The maximum atomic E-state index is 12.6. The maximum absolute atomic E-state index is 12.6. The first-order valence-corrected chi connectivity index (χ1v) is 9.59. The van der Waals surface area contributed by atoms with E-state index in [1.165, 1.54) is 0 Å². The van der Waals surface area contributed by atoms with Gasteiger partial charge >= 0.3 is 0 Å². The van der Waals surface area contributed by atoms with E-state index in [0.717, 1.165) is 18.4 Å². The molecule has 0 aliphatic carbocycles. The second kappa shape index (κ2) is 8.01. The van der Waals surface area contributed by atoms with Crippen LogP contribution in [0.4, 0.5) is 0 Å². The van der Waals surface area contributed by atoms with Gasteiger partial charge in [-0.05, 0) is 67.6 Å². The zero-order valence-corrected chi connectivity index (χ0v) is 15.7. The van der Waals surface area contributed by atoms with Crippen molar-refractivity contribution in [2.75, 3.05) is 13.7 Å². The normalized spacial score (nSPS) is 11.5. The molecular formula is C18H22ClNO3S. The van der Waals surface area contributed by atoms with Crippen molar-refractivity contribution >= 4 is 21.6 Å². The molecule has 0 radical (unpaired) electrons. The molecule has 0 unspecified atom stereocenters. The summed E-state index contributed by atoms with van der Waals surface area (Å²) in [7, 11) is -1.97. The van der Waals surface area contributed by atoms with Crippen molar-refractivity contribution in [1.29, 1.82) is 0 Å². The van der Waals surface area contributed by atoms with Gasteiger partial charge in [0.25, 0.3) is 0 Å². The molecule has 0 atom stereocenters. The van der Waals surface area contributed by atoms with E-state index in [2.05, 4.69) is 4.72 Å². The lowest BCUT2D eigenvalue weighted by atomic mass is 10.1. The molecule has 0 heterocycles. The third-order valence-corrected chi connectivity index (χ3v) is 5.80. The summed E-state index contributed by atoms with van der Waals surface area (Å²) in [6.45, 7) is 3.94. The van der Waals surface area contributed by atoms with E-state index in [-0.39, 0.29) is 0 Å². The average molecular weight is 368 g/mol. The first-order chi connectivity index (χ1) is 11.3. The fourth-order valence-electron chi connectivity index (χ4n) is 2.67. The average Bonchev–Trinajstić information content (AvgIpc) is 2.52. The number of rotatable bonds is 7. The monoisotopic (exact) mass is 367 g/mol. The quantitative estimate of drug-likeness (QED) is 0.755. The minimum absolute atomic E-state index is 0.329. The lowest BCUT2D eigenvalue weighted by Gasteiger charge is -2.13. The van der Waals surface area contributed by atoms with E-state index in [0.29, 0.717) is 33.3 Å². The minimum Gasteiger partial charge on any atom is -0.497 e. The largest absolute Gasteiger partial charge is 0.497 e. The highest BCUT2D eigenvalue weighted by atomic mass is 35.5. The van der Waals surface area contributed by atoms with Crippen LogP contribution in [0.2, 0.25) is 5.02 Å². The Morgan fingerprint density at radius 3 is 2.21 bits per heavy atom. The van der Waals surface area contributed by atoms with Gasteiger partial charge < -0.3 is 4.74 Å². The molecule has 0 saturated heterocycles. The molecule has 0 aromatic heterocycles. The summed E-state index contributed by atoms with van der Waals surface area (Å²) in [6, 6.07) is 11.0. The van der Waals surface area contributed by atoms with E-state index >= 15 is 0 Å². The Hall–Kier alpha value is -1.56. The highest BCUT2D eigenvalue weighted by molar-refractivity contribution is 7.89. The second-order valence-electron chi connectivity index (χ2n) is 5.72. The highest BCUT2D eigenvalue weighted by Gasteiger charge is 2.19. The maximum Gasteiger partial charge on any atom is 0.241 e. The molecule has 4 nitrogen and oxygen atoms in total. The van der Waals surface area contributed by atoms with Crippen LogP contribution < -0.4 is 9.46 Å². The van der Waals surface area contributed by atoms with Crippen LogP contribution in [0.1, 0.15) is 23.1 Å². The summed E-state index contributed by atoms with van der Waals surface area (Å²) < 4.78 is 33.0. The first-order valence-electron chi connectivity index (χ1n) is 7.73. The predicted octanol–water partition coefficient (Wildman–Crippen LogP) is 3.88. The number of sulfonamides is 1. The number of aryl methyl sites for hydroxylation is 3. The van der Waals surface area contributed by atoms with Crippen LogP contribution in [0.5, 0.6) is 5.75 Å². The fraction of sp³-hybridized carbons (Fsp3) is 0.333. The van der Waals surface area contributed by atoms with Crippen molar-refractivity contribution < 1.29 is 13.2 Å². The smallest absolute Gasteiger partial charge is 0.241 e. The van der Waals surface area contributed by atoms with E-state index in [1.807, 2.05) is 24.3 Å². The van der Waals surface area contributed by atoms with Crippen LogP contribution in [0.3, 0.4) is 0 Å². The summed E-state index contributed by atoms with van der Waals surface area (Å²) >= 11 is 5.85. The summed E-state index contributed by atoms with van der Waals surface area (Å²) in [5.41, 5.74) is 2.49. The minimum atomic E-state index is -3.53. The first kappa shape index (κ1) is 18.8. The SMILES string of the molecule is COc1cc(C)c(S(=O)(=O)NCCCc2ccc(Cl)cc2)c(C)c1. The van der Waals surface area contributed by atoms with Gasteiger partial charge in [-0.25, -0.2) is 13.1 Å². The lowest BCUT2D eigenvalue weighted by molar-refractivity contribution is 0.413. The van der Waals surface area contributed by atoms with Gasteiger partial charge in [0.05, 0.1) is 12.0 Å². The third-order valence-electron chi connectivity index (χ3n) is 3.79. The van der Waals surface area contributed by atoms with Gasteiger partial charge in [-0.3, -0.25) is 0 Å². The van der Waals surface area contributed by atoms with Crippen molar-refractivity contribution in [2.24, 2.45) is 0 Å². The van der Waals surface area contributed by atoms with E-state index in [4.69, 9.17) is 16.3 Å². The number of benzene rings is 2. The lowest BCUT2D eigenvalue weighted by Crippen LogP contribution is -2.26. The molecule has 130 valence electrons. The summed E-state index contributed by atoms with van der Waals surface area (Å²) in [6.07, 6.45) is 1.51. The van der Waals surface area contributed by atoms with Crippen molar-refractivity contribution in [2.45, 2.75) is 31.6 Å². The Bertz CT molecular complexity index is 779. The number of nitrogens with one attached hydrogen (secondary N) is 1. The Morgan fingerprint density at radius 2 is 1.67 bits per heavy atom. The van der Waals surface area contributed by atoms with Crippen molar-refractivity contribution in [3.63, 3.8) is 0 Å². The number of hydrogen-bond acceptors (Lipinski definition) is 3. The van der Waals surface area contributed by atoms with Gasteiger partial charge in [0.15, 0.2) is 0 Å². The Morgan fingerprint density at radius 1 is 1.08 bits per heavy atom. The van der Waals surface area contributed by atoms with E-state index in [1.54, 1.807) is 33.1 Å². The van der Waals surface area contributed by atoms with Crippen LogP contribution in [-0.4, -0.2) is 22.1 Å². The molecule has 6 heteroatoms. The molecule has 0 aliphatic heterocycles. The Balaban J connectivity index is 2.00. The van der Waals surface area contributed by atoms with Gasteiger partial charge in [0.2, 0.25) is 10.0 Å². The molecule has 0 spiro atoms. The van der Waals surface area contributed by atoms with E-state index in [9.17, 15) is 8.42 Å². The van der Waals surface area contributed by atoms with E-state index < -0.39 is 10.0 Å². The molecule has 0 amide bonds. The zero-order valence-electron chi connectivity index (χ0n) is 14.1. The molecule has 0 fully saturated rings. The number of ether oxygens (including phenoxy) is 1. The topological polar surface area (TPSA) is 55.4 Å². The van der Waals surface area contributed by atoms with Crippen LogP contribution in [0, 0.1) is 13.8 Å². The van der Waals surface area contributed by atoms with Gasteiger partial charge in [0.1, 0.15) is 5.75 Å². The molecule has 0 saturated carbocycles. The number of hydrogen-bond donors (Lipinski definition) is 1. The molecule has 0 aliphatic rings. The Labute approximate surface area is 148 Å². The molecule has 2 aromatic carbocycles. The fourth-order valence-corrected chi connectivity index (χ4v) is 4.32. The Kier molecular flexibility index (Phi) is 6.27. The summed E-state index contributed by atoms with van der Waals surface area (Å²) in [5.74, 6) is 0.659. The molecular weight excluding hydrogens is 346 g/mol. The van der Waals surface area contributed by atoms with Gasteiger partial charge in [-0.2, -0.15) is 0 Å². The standard InChI is InChI=1S/C18H22ClNO3S/c1-13-11-17(23-3)12-14(2)18(13)24(21,22)20-10-4-5-15-6-8-16(19)9-7-15/h6-9,11-12,20H,4-5,10H2,1-3H3. The van der Waals surface area contributed by atoms with Crippen molar-refractivity contribution in [1.82, 2.24) is 4.72 Å². The van der Waals surface area contributed by atoms with Crippen molar-refractivity contribution in [3.8, 4) is 5.75 Å². The van der Waals surface area contributed by atoms with Crippen molar-refractivity contribution in [3.05, 3.63) is 58.1 Å². The van der Waals surface area contributed by atoms with Gasteiger partial charge in [-0.1, -0.05) is 23.7 Å². The predicted molar refractivity (Wildman–Crippen MR) is 97.4 cm³/mol. The van der Waals surface area contributed by atoms with Crippen LogP contribution in [0.15, 0.2) is 41.3 Å². The van der Waals surface area contributed by atoms with Crippen LogP contribution >= 0.6 is 11.6 Å². The third kappa shape index (κ3) is 4.72.